The van der Waals surface area contributed by atoms with Crippen LogP contribution in [0.2, 0.25) is 0 Å². The first kappa shape index (κ1) is 18.7. The van der Waals surface area contributed by atoms with Gasteiger partial charge in [0, 0.05) is 19.1 Å². The minimum atomic E-state index is -0.151. The van der Waals surface area contributed by atoms with Crippen LogP contribution in [0.25, 0.3) is 0 Å². The Kier molecular flexibility index (Phi) is 3.89. The zero-order chi connectivity index (χ0) is 19.8. The van der Waals surface area contributed by atoms with Gasteiger partial charge in [-0.15, -0.1) is 0 Å². The average Bonchev–Trinajstić information content (AvgIpc) is 2.62. The van der Waals surface area contributed by atoms with Gasteiger partial charge in [0.25, 0.3) is 0 Å². The lowest BCUT2D eigenvalue weighted by atomic mass is 9.38. The number of hydrogen-bond acceptors (Lipinski definition) is 2. The Morgan fingerprint density at radius 3 is 2.46 bits per heavy atom. The van der Waals surface area contributed by atoms with Crippen LogP contribution in [0.4, 0.5) is 0 Å². The van der Waals surface area contributed by atoms with Gasteiger partial charge in [-0.2, -0.15) is 0 Å². The Bertz CT molecular complexity index is 789. The van der Waals surface area contributed by atoms with Crippen LogP contribution in [0.5, 0.6) is 0 Å². The molecule has 28 heavy (non-hydrogen) atoms. The molecule has 5 atom stereocenters. The number of rotatable bonds is 2. The maximum absolute atomic E-state index is 14.0. The van der Waals surface area contributed by atoms with Crippen LogP contribution >= 0.6 is 0 Å². The summed E-state index contributed by atoms with van der Waals surface area (Å²) >= 11 is 0. The van der Waals surface area contributed by atoms with Crippen molar-refractivity contribution in [3.05, 3.63) is 35.9 Å². The molecular formula is C25H36N2O. The summed E-state index contributed by atoms with van der Waals surface area (Å²) in [6.07, 6.45) is 8.03. The van der Waals surface area contributed by atoms with Crippen molar-refractivity contribution in [1.29, 1.82) is 0 Å². The topological polar surface area (TPSA) is 46.3 Å². The molecule has 4 aliphatic carbocycles. The molecule has 1 heterocycles. The summed E-state index contributed by atoms with van der Waals surface area (Å²) in [4.78, 5) is 16.2. The van der Waals surface area contributed by atoms with E-state index in [0.29, 0.717) is 17.2 Å². The third kappa shape index (κ3) is 2.69. The molecule has 0 spiro atoms. The largest absolute Gasteiger partial charge is 0.342 e. The molecule has 1 saturated heterocycles. The number of benzene rings is 1. The number of carbonyl (C=O) groups is 1. The molecular weight excluding hydrogens is 344 g/mol. The fourth-order valence-electron chi connectivity index (χ4n) is 8.16. The van der Waals surface area contributed by atoms with E-state index >= 15 is 0 Å². The van der Waals surface area contributed by atoms with Crippen molar-refractivity contribution in [2.24, 2.45) is 27.9 Å². The zero-order valence-electron chi connectivity index (χ0n) is 17.8. The highest BCUT2D eigenvalue weighted by molar-refractivity contribution is 5.84. The fraction of sp³-hybridized carbons (Fsp3) is 0.720. The van der Waals surface area contributed by atoms with E-state index in [-0.39, 0.29) is 22.3 Å². The summed E-state index contributed by atoms with van der Waals surface area (Å²) < 4.78 is 0. The highest BCUT2D eigenvalue weighted by atomic mass is 16.2. The first-order valence-electron chi connectivity index (χ1n) is 11.3. The van der Waals surface area contributed by atoms with Crippen LogP contribution in [0.15, 0.2) is 30.3 Å². The molecule has 2 N–H and O–H groups in total. The average molecular weight is 381 g/mol. The van der Waals surface area contributed by atoms with Crippen LogP contribution < -0.4 is 5.73 Å². The predicted molar refractivity (Wildman–Crippen MR) is 113 cm³/mol. The molecule has 5 unspecified atom stereocenters. The molecule has 6 rings (SSSR count). The standard InChI is InChI=1S/C25H36N2O/c1-22(2)17-27(10-9-20(22)26)21(28)25-13-18-11-23(3,15-25)14-24(12-18,16-25)19-7-5-4-6-8-19/h4-8,18,20H,9-17,26H2,1-3H3. The molecule has 5 aliphatic rings. The van der Waals surface area contributed by atoms with Gasteiger partial charge in [0.15, 0.2) is 0 Å². The third-order valence-electron chi connectivity index (χ3n) is 8.79. The first-order chi connectivity index (χ1) is 13.2. The lowest BCUT2D eigenvalue weighted by Gasteiger charge is -2.66. The molecule has 4 saturated carbocycles. The van der Waals surface area contributed by atoms with Crippen LogP contribution in [0.3, 0.4) is 0 Å². The number of hydrogen-bond donors (Lipinski definition) is 1. The minimum absolute atomic E-state index is 0.0111. The number of amides is 1. The first-order valence-corrected chi connectivity index (χ1v) is 11.3. The predicted octanol–water partition coefficient (Wildman–Crippen LogP) is 4.50. The van der Waals surface area contributed by atoms with Crippen molar-refractivity contribution in [2.45, 2.75) is 77.2 Å². The highest BCUT2D eigenvalue weighted by Crippen LogP contribution is 2.70. The van der Waals surface area contributed by atoms with Crippen molar-refractivity contribution in [2.75, 3.05) is 13.1 Å². The number of carbonyl (C=O) groups excluding carboxylic acids is 1. The van der Waals surface area contributed by atoms with Crippen LogP contribution in [0.1, 0.15) is 71.3 Å². The summed E-state index contributed by atoms with van der Waals surface area (Å²) in [5, 5.41) is 0. The van der Waals surface area contributed by atoms with Crippen LogP contribution in [0, 0.1) is 22.2 Å². The van der Waals surface area contributed by atoms with Gasteiger partial charge in [0.2, 0.25) is 5.91 Å². The smallest absolute Gasteiger partial charge is 0.228 e. The summed E-state index contributed by atoms with van der Waals surface area (Å²) in [5.74, 6) is 1.15. The van der Waals surface area contributed by atoms with E-state index in [9.17, 15) is 4.79 Å². The Hall–Kier alpha value is -1.35. The van der Waals surface area contributed by atoms with Crippen molar-refractivity contribution in [3.8, 4) is 0 Å². The number of likely N-dealkylation sites (tertiary alicyclic amines) is 1. The number of nitrogens with two attached hydrogens (primary N) is 1. The Labute approximate surface area is 170 Å². The van der Waals surface area contributed by atoms with E-state index in [1.165, 1.54) is 24.8 Å². The monoisotopic (exact) mass is 380 g/mol. The van der Waals surface area contributed by atoms with Crippen molar-refractivity contribution < 1.29 is 4.79 Å². The van der Waals surface area contributed by atoms with Gasteiger partial charge in [-0.1, -0.05) is 51.1 Å². The molecule has 3 nitrogen and oxygen atoms in total. The van der Waals surface area contributed by atoms with E-state index in [1.54, 1.807) is 0 Å². The molecule has 0 aromatic heterocycles. The van der Waals surface area contributed by atoms with E-state index < -0.39 is 0 Å². The summed E-state index contributed by atoms with van der Waals surface area (Å²) in [5.41, 5.74) is 8.21. The van der Waals surface area contributed by atoms with Crippen molar-refractivity contribution >= 4 is 5.91 Å². The molecule has 152 valence electrons. The zero-order valence-corrected chi connectivity index (χ0v) is 17.8. The normalized spacial score (nSPS) is 43.9. The lowest BCUT2D eigenvalue weighted by molar-refractivity contribution is -0.173. The van der Waals surface area contributed by atoms with E-state index in [4.69, 9.17) is 5.73 Å². The van der Waals surface area contributed by atoms with E-state index in [1.807, 2.05) is 0 Å². The molecule has 1 aromatic rings. The Morgan fingerprint density at radius 2 is 1.79 bits per heavy atom. The van der Waals surface area contributed by atoms with Gasteiger partial charge in [-0.25, -0.2) is 0 Å². The third-order valence-corrected chi connectivity index (χ3v) is 8.79. The molecule has 1 amide bonds. The highest BCUT2D eigenvalue weighted by Gasteiger charge is 2.65. The van der Waals surface area contributed by atoms with Gasteiger partial charge in [-0.3, -0.25) is 4.79 Å². The second-order valence-corrected chi connectivity index (χ2v) is 11.9. The van der Waals surface area contributed by atoms with Gasteiger partial charge in [0.1, 0.15) is 0 Å². The molecule has 3 heteroatoms. The van der Waals surface area contributed by atoms with Crippen LogP contribution in [-0.2, 0) is 10.2 Å². The van der Waals surface area contributed by atoms with Gasteiger partial charge >= 0.3 is 0 Å². The van der Waals surface area contributed by atoms with Gasteiger partial charge in [-0.05, 0) is 72.7 Å². The molecule has 4 bridgehead atoms. The summed E-state index contributed by atoms with van der Waals surface area (Å²) in [6.45, 7) is 8.57. The lowest BCUT2D eigenvalue weighted by Crippen LogP contribution is -2.64. The molecule has 0 radical (unpaired) electrons. The van der Waals surface area contributed by atoms with Gasteiger partial charge < -0.3 is 10.6 Å². The molecule has 1 aliphatic heterocycles. The van der Waals surface area contributed by atoms with Gasteiger partial charge in [0.05, 0.1) is 5.41 Å². The second kappa shape index (κ2) is 5.84. The molecule has 5 fully saturated rings. The van der Waals surface area contributed by atoms with Crippen LogP contribution in [-0.4, -0.2) is 29.9 Å². The fourth-order valence-corrected chi connectivity index (χ4v) is 8.16. The second-order valence-electron chi connectivity index (χ2n) is 11.9. The van der Waals surface area contributed by atoms with Crippen molar-refractivity contribution in [3.63, 3.8) is 0 Å². The summed E-state index contributed by atoms with van der Waals surface area (Å²) in [6, 6.07) is 11.3. The Morgan fingerprint density at radius 1 is 1.04 bits per heavy atom. The SMILES string of the molecule is CC12CC3CC(C(=O)N4CCC(N)C(C)(C)C4)(C1)CC(c1ccccc1)(C3)C2. The van der Waals surface area contributed by atoms with E-state index in [2.05, 4.69) is 56.0 Å². The van der Waals surface area contributed by atoms with Crippen molar-refractivity contribution in [1.82, 2.24) is 4.90 Å². The quantitative estimate of drug-likeness (QED) is 0.821. The number of nitrogens with zero attached hydrogens (tertiary/aromatic N) is 1. The maximum atomic E-state index is 14.0. The Balaban J connectivity index is 1.50. The number of piperidine rings is 1. The maximum Gasteiger partial charge on any atom is 0.228 e. The van der Waals surface area contributed by atoms with E-state index in [0.717, 1.165) is 38.8 Å². The minimum Gasteiger partial charge on any atom is -0.342 e. The molecule has 1 aromatic carbocycles. The summed E-state index contributed by atoms with van der Waals surface area (Å²) in [7, 11) is 0.